The van der Waals surface area contributed by atoms with Gasteiger partial charge in [-0.05, 0) is 5.56 Å². The van der Waals surface area contributed by atoms with Crippen molar-refractivity contribution in [3.8, 4) is 0 Å². The molecular formula is C19H19F3N6O2S. The highest BCUT2D eigenvalue weighted by molar-refractivity contribution is 7.89. The normalized spacial score (nSPS) is 20.1. The van der Waals surface area contributed by atoms with Crippen LogP contribution in [0.1, 0.15) is 17.2 Å². The molecule has 3 aromatic rings. The number of rotatable bonds is 5. The summed E-state index contributed by atoms with van der Waals surface area (Å²) >= 11 is 0. The molecule has 0 saturated carbocycles. The zero-order chi connectivity index (χ0) is 22.2. The van der Waals surface area contributed by atoms with Crippen LogP contribution in [0.3, 0.4) is 0 Å². The molecule has 2 atom stereocenters. The zero-order valence-electron chi connectivity index (χ0n) is 16.4. The first-order valence-corrected chi connectivity index (χ1v) is 10.8. The molecule has 1 aromatic carbocycles. The monoisotopic (exact) mass is 452 g/mol. The predicted molar refractivity (Wildman–Crippen MR) is 106 cm³/mol. The molecule has 4 rings (SSSR count). The van der Waals surface area contributed by atoms with Gasteiger partial charge < -0.3 is 9.88 Å². The van der Waals surface area contributed by atoms with Gasteiger partial charge >= 0.3 is 6.18 Å². The van der Waals surface area contributed by atoms with E-state index in [-0.39, 0.29) is 29.9 Å². The summed E-state index contributed by atoms with van der Waals surface area (Å²) in [6.07, 6.45) is -0.969. The molecule has 2 unspecified atom stereocenters. The van der Waals surface area contributed by atoms with Crippen molar-refractivity contribution in [2.24, 2.45) is 7.05 Å². The number of imidazole rings is 1. The lowest BCUT2D eigenvalue weighted by molar-refractivity contribution is -0.141. The lowest BCUT2D eigenvalue weighted by Gasteiger charge is -2.21. The Kier molecular flexibility index (Phi) is 5.43. The third kappa shape index (κ3) is 4.39. The summed E-state index contributed by atoms with van der Waals surface area (Å²) in [7, 11) is -2.20. The van der Waals surface area contributed by atoms with E-state index < -0.39 is 27.9 Å². The van der Waals surface area contributed by atoms with Crippen LogP contribution in [0.25, 0.3) is 0 Å². The van der Waals surface area contributed by atoms with Gasteiger partial charge in [-0.1, -0.05) is 30.3 Å². The number of hydrogen-bond acceptors (Lipinski definition) is 6. The SMILES string of the molecule is Cn1cnc(S(=O)(=O)N2CC(Nc3cc(C(F)(F)F)ncn3)C(c3ccccc3)C2)c1. The summed E-state index contributed by atoms with van der Waals surface area (Å²) in [4.78, 5) is 11.1. The largest absolute Gasteiger partial charge is 0.433 e. The first kappa shape index (κ1) is 21.2. The Balaban J connectivity index is 1.65. The van der Waals surface area contributed by atoms with Crippen LogP contribution in [0, 0.1) is 0 Å². The van der Waals surface area contributed by atoms with Gasteiger partial charge in [0.05, 0.1) is 6.33 Å². The van der Waals surface area contributed by atoms with Crippen molar-refractivity contribution >= 4 is 15.8 Å². The molecule has 0 spiro atoms. The molecule has 164 valence electrons. The minimum Gasteiger partial charge on any atom is -0.365 e. The van der Waals surface area contributed by atoms with Crippen LogP contribution >= 0.6 is 0 Å². The number of benzene rings is 1. The topological polar surface area (TPSA) is 93.0 Å². The molecule has 1 fully saturated rings. The molecule has 0 aliphatic carbocycles. The summed E-state index contributed by atoms with van der Waals surface area (Å²) < 4.78 is 68.0. The van der Waals surface area contributed by atoms with Crippen molar-refractivity contribution in [2.75, 3.05) is 18.4 Å². The van der Waals surface area contributed by atoms with Gasteiger partial charge in [-0.3, -0.25) is 0 Å². The first-order valence-electron chi connectivity index (χ1n) is 9.33. The molecule has 1 saturated heterocycles. The van der Waals surface area contributed by atoms with Gasteiger partial charge in [-0.2, -0.15) is 17.5 Å². The maximum Gasteiger partial charge on any atom is 0.433 e. The van der Waals surface area contributed by atoms with Gasteiger partial charge in [-0.15, -0.1) is 0 Å². The highest BCUT2D eigenvalue weighted by atomic mass is 32.2. The van der Waals surface area contributed by atoms with Crippen molar-refractivity contribution in [3.05, 3.63) is 66.5 Å². The lowest BCUT2D eigenvalue weighted by atomic mass is 9.94. The van der Waals surface area contributed by atoms with E-state index in [0.717, 1.165) is 18.0 Å². The summed E-state index contributed by atoms with van der Waals surface area (Å²) in [5, 5.41) is 2.90. The van der Waals surface area contributed by atoms with Gasteiger partial charge in [-0.25, -0.2) is 23.4 Å². The summed E-state index contributed by atoms with van der Waals surface area (Å²) in [6, 6.07) is 9.52. The molecule has 1 N–H and O–H groups in total. The number of aryl methyl sites for hydroxylation is 1. The Labute approximate surface area is 176 Å². The van der Waals surface area contributed by atoms with Crippen LogP contribution in [0.2, 0.25) is 0 Å². The van der Waals surface area contributed by atoms with Crippen LogP contribution < -0.4 is 5.32 Å². The second-order valence-corrected chi connectivity index (χ2v) is 9.14. The van der Waals surface area contributed by atoms with Gasteiger partial charge in [0.2, 0.25) is 0 Å². The van der Waals surface area contributed by atoms with Crippen LogP contribution in [0.4, 0.5) is 19.0 Å². The molecule has 12 heteroatoms. The number of nitrogens with zero attached hydrogens (tertiary/aromatic N) is 5. The van der Waals surface area contributed by atoms with E-state index in [1.807, 2.05) is 30.3 Å². The van der Waals surface area contributed by atoms with E-state index >= 15 is 0 Å². The fourth-order valence-corrected chi connectivity index (χ4v) is 5.04. The maximum absolute atomic E-state index is 13.1. The van der Waals surface area contributed by atoms with Gasteiger partial charge in [0.15, 0.2) is 5.03 Å². The highest BCUT2D eigenvalue weighted by Crippen LogP contribution is 2.34. The smallest absolute Gasteiger partial charge is 0.365 e. The Bertz CT molecular complexity index is 1170. The molecule has 0 radical (unpaired) electrons. The predicted octanol–water partition coefficient (Wildman–Crippen LogP) is 2.50. The average Bonchev–Trinajstić information content (AvgIpc) is 3.36. The van der Waals surface area contributed by atoms with E-state index in [4.69, 9.17) is 0 Å². The van der Waals surface area contributed by atoms with E-state index in [1.165, 1.54) is 21.4 Å². The maximum atomic E-state index is 13.1. The Hall–Kier alpha value is -2.99. The third-order valence-electron chi connectivity index (χ3n) is 5.09. The standard InChI is InChI=1S/C19H19F3N6O2S/c1-27-10-18(25-12-27)31(29,30)28-8-14(13-5-3-2-4-6-13)15(9-28)26-17-7-16(19(20,21)22)23-11-24-17/h2-7,10-12,14-15H,8-9H2,1H3,(H,23,24,26). The van der Waals surface area contributed by atoms with Crippen LogP contribution in [0.5, 0.6) is 0 Å². The van der Waals surface area contributed by atoms with Crippen molar-refractivity contribution in [3.63, 3.8) is 0 Å². The second-order valence-electron chi connectivity index (χ2n) is 7.25. The van der Waals surface area contributed by atoms with E-state index in [2.05, 4.69) is 20.3 Å². The minimum absolute atomic E-state index is 0.0228. The number of anilines is 1. The average molecular weight is 452 g/mol. The number of nitrogens with one attached hydrogen (secondary N) is 1. The Morgan fingerprint density at radius 2 is 1.84 bits per heavy atom. The fourth-order valence-electron chi connectivity index (χ4n) is 3.58. The molecular weight excluding hydrogens is 433 g/mol. The van der Waals surface area contributed by atoms with E-state index in [0.29, 0.717) is 0 Å². The molecule has 31 heavy (non-hydrogen) atoms. The summed E-state index contributed by atoms with van der Waals surface area (Å²) in [6.45, 7) is 0.196. The number of halogens is 3. The fraction of sp³-hybridized carbons (Fsp3) is 0.316. The molecule has 0 amide bonds. The van der Waals surface area contributed by atoms with Crippen LogP contribution in [0.15, 0.2) is 60.3 Å². The van der Waals surface area contributed by atoms with Crippen molar-refractivity contribution in [1.29, 1.82) is 0 Å². The molecule has 2 aromatic heterocycles. The number of aromatic nitrogens is 4. The Morgan fingerprint density at radius 1 is 1.10 bits per heavy atom. The molecule has 0 bridgehead atoms. The van der Waals surface area contributed by atoms with Crippen molar-refractivity contribution in [1.82, 2.24) is 23.8 Å². The first-order chi connectivity index (χ1) is 14.6. The van der Waals surface area contributed by atoms with Gasteiger partial charge in [0.1, 0.15) is 17.8 Å². The van der Waals surface area contributed by atoms with Crippen molar-refractivity contribution < 1.29 is 21.6 Å². The highest BCUT2D eigenvalue weighted by Gasteiger charge is 2.41. The molecule has 1 aliphatic heterocycles. The van der Waals surface area contributed by atoms with E-state index in [9.17, 15) is 21.6 Å². The zero-order valence-corrected chi connectivity index (χ0v) is 17.2. The van der Waals surface area contributed by atoms with Crippen LogP contribution in [-0.4, -0.2) is 51.4 Å². The lowest BCUT2D eigenvalue weighted by Crippen LogP contribution is -2.32. The molecule has 1 aliphatic rings. The van der Waals surface area contributed by atoms with Gasteiger partial charge in [0, 0.05) is 44.4 Å². The Morgan fingerprint density at radius 3 is 2.48 bits per heavy atom. The van der Waals surface area contributed by atoms with Crippen LogP contribution in [-0.2, 0) is 23.2 Å². The third-order valence-corrected chi connectivity index (χ3v) is 6.81. The number of sulfonamides is 1. The van der Waals surface area contributed by atoms with Gasteiger partial charge in [0.25, 0.3) is 10.0 Å². The van der Waals surface area contributed by atoms with E-state index in [1.54, 1.807) is 7.05 Å². The van der Waals surface area contributed by atoms with Crippen molar-refractivity contribution in [2.45, 2.75) is 23.2 Å². The molecule has 8 nitrogen and oxygen atoms in total. The summed E-state index contributed by atoms with van der Waals surface area (Å²) in [5.74, 6) is -0.325. The quantitative estimate of drug-likeness (QED) is 0.640. The molecule has 3 heterocycles. The minimum atomic E-state index is -4.61. The second kappa shape index (κ2) is 7.93. The number of alkyl halides is 3. The summed E-state index contributed by atoms with van der Waals surface area (Å²) in [5.41, 5.74) is -0.207. The number of hydrogen-bond donors (Lipinski definition) is 1.